The maximum absolute atomic E-state index is 12.0. The molecule has 0 aliphatic carbocycles. The van der Waals surface area contributed by atoms with Gasteiger partial charge >= 0.3 is 12.1 Å². The van der Waals surface area contributed by atoms with Crippen molar-refractivity contribution in [3.63, 3.8) is 0 Å². The Hall–Kier alpha value is -1.63. The topological polar surface area (TPSA) is 47.6 Å². The van der Waals surface area contributed by atoms with Crippen LogP contribution in [0.2, 0.25) is 0 Å². The Kier molecular flexibility index (Phi) is 4.27. The van der Waals surface area contributed by atoms with Crippen molar-refractivity contribution in [1.29, 1.82) is 0 Å². The van der Waals surface area contributed by atoms with E-state index in [1.165, 1.54) is 0 Å². The number of ether oxygens (including phenoxy) is 2. The summed E-state index contributed by atoms with van der Waals surface area (Å²) in [5.74, 6) is -0.676. The molecule has 4 nitrogen and oxygen atoms in total. The average molecular weight is 310 g/mol. The van der Waals surface area contributed by atoms with E-state index in [-0.39, 0.29) is 25.6 Å². The molecular formula is C12H11ClF3NO3. The SMILES string of the molecule is O=C(NCCc1cc2c(cc1CCl)OCO2)C(F)(F)F. The summed E-state index contributed by atoms with van der Waals surface area (Å²) < 4.78 is 46.5. The van der Waals surface area contributed by atoms with E-state index in [4.69, 9.17) is 21.1 Å². The Morgan fingerprint density at radius 1 is 1.25 bits per heavy atom. The molecule has 0 radical (unpaired) electrons. The number of hydrogen-bond donors (Lipinski definition) is 1. The average Bonchev–Trinajstić information content (AvgIpc) is 2.83. The van der Waals surface area contributed by atoms with E-state index in [1.54, 1.807) is 12.1 Å². The van der Waals surface area contributed by atoms with Gasteiger partial charge in [-0.1, -0.05) is 0 Å². The Morgan fingerprint density at radius 2 is 1.85 bits per heavy atom. The molecule has 0 bridgehead atoms. The van der Waals surface area contributed by atoms with Gasteiger partial charge in [0.25, 0.3) is 0 Å². The molecule has 0 unspecified atom stereocenters. The Balaban J connectivity index is 2.01. The number of nitrogens with one attached hydrogen (secondary N) is 1. The number of rotatable bonds is 4. The highest BCUT2D eigenvalue weighted by atomic mass is 35.5. The third-order valence-corrected chi connectivity index (χ3v) is 3.06. The molecule has 1 aliphatic rings. The highest BCUT2D eigenvalue weighted by molar-refractivity contribution is 6.17. The molecule has 1 amide bonds. The Labute approximate surface area is 117 Å². The van der Waals surface area contributed by atoms with E-state index in [2.05, 4.69) is 0 Å². The summed E-state index contributed by atoms with van der Waals surface area (Å²) in [5, 5.41) is 1.81. The summed E-state index contributed by atoms with van der Waals surface area (Å²) in [6.45, 7) is -0.0345. The lowest BCUT2D eigenvalue weighted by Crippen LogP contribution is -2.37. The van der Waals surface area contributed by atoms with Gasteiger partial charge in [0.2, 0.25) is 6.79 Å². The third-order valence-electron chi connectivity index (χ3n) is 2.78. The van der Waals surface area contributed by atoms with Crippen LogP contribution < -0.4 is 14.8 Å². The molecule has 110 valence electrons. The minimum atomic E-state index is -4.87. The number of alkyl halides is 4. The quantitative estimate of drug-likeness (QED) is 0.869. The van der Waals surface area contributed by atoms with Crippen LogP contribution in [0.5, 0.6) is 11.5 Å². The van der Waals surface area contributed by atoms with Crippen molar-refractivity contribution >= 4 is 17.5 Å². The van der Waals surface area contributed by atoms with E-state index in [9.17, 15) is 18.0 Å². The summed E-state index contributed by atoms with van der Waals surface area (Å²) in [4.78, 5) is 10.7. The van der Waals surface area contributed by atoms with Crippen molar-refractivity contribution in [2.24, 2.45) is 0 Å². The Morgan fingerprint density at radius 3 is 2.40 bits per heavy atom. The second-order valence-electron chi connectivity index (χ2n) is 4.11. The molecule has 0 fully saturated rings. The monoisotopic (exact) mass is 309 g/mol. The van der Waals surface area contributed by atoms with E-state index in [0.29, 0.717) is 17.1 Å². The fraction of sp³-hybridized carbons (Fsp3) is 0.417. The molecule has 1 aliphatic heterocycles. The first kappa shape index (κ1) is 14.8. The van der Waals surface area contributed by atoms with Crippen LogP contribution in [0, 0.1) is 0 Å². The fourth-order valence-corrected chi connectivity index (χ4v) is 2.04. The Bertz CT molecular complexity index is 519. The van der Waals surface area contributed by atoms with Crippen molar-refractivity contribution in [2.75, 3.05) is 13.3 Å². The lowest BCUT2D eigenvalue weighted by molar-refractivity contribution is -0.173. The highest BCUT2D eigenvalue weighted by Gasteiger charge is 2.38. The molecular weight excluding hydrogens is 299 g/mol. The van der Waals surface area contributed by atoms with Crippen molar-refractivity contribution in [2.45, 2.75) is 18.5 Å². The zero-order valence-corrected chi connectivity index (χ0v) is 11.0. The molecule has 1 aromatic carbocycles. The number of amides is 1. The molecule has 0 atom stereocenters. The summed E-state index contributed by atoms with van der Waals surface area (Å²) in [5.41, 5.74) is 1.45. The van der Waals surface area contributed by atoms with E-state index < -0.39 is 12.1 Å². The highest BCUT2D eigenvalue weighted by Crippen LogP contribution is 2.35. The zero-order valence-electron chi connectivity index (χ0n) is 10.2. The second-order valence-corrected chi connectivity index (χ2v) is 4.38. The maximum Gasteiger partial charge on any atom is 0.471 e. The lowest BCUT2D eigenvalue weighted by Gasteiger charge is -2.11. The standard InChI is InChI=1S/C12H11ClF3NO3/c13-5-8-4-10-9(19-6-20-10)3-7(8)1-2-17-11(18)12(14,15)16/h3-4H,1-2,5-6H2,(H,17,18). The minimum absolute atomic E-state index is 0.103. The molecule has 20 heavy (non-hydrogen) atoms. The van der Waals surface area contributed by atoms with Crippen molar-refractivity contribution in [1.82, 2.24) is 5.32 Å². The first-order valence-electron chi connectivity index (χ1n) is 5.74. The van der Waals surface area contributed by atoms with Crippen LogP contribution in [0.4, 0.5) is 13.2 Å². The summed E-state index contributed by atoms with van der Waals surface area (Å²) in [6.07, 6.45) is -4.65. The van der Waals surface area contributed by atoms with Gasteiger partial charge in [-0.2, -0.15) is 13.2 Å². The molecule has 1 heterocycles. The van der Waals surface area contributed by atoms with Crippen LogP contribution in [0.1, 0.15) is 11.1 Å². The van der Waals surface area contributed by atoms with Gasteiger partial charge < -0.3 is 14.8 Å². The molecule has 8 heteroatoms. The van der Waals surface area contributed by atoms with Gasteiger partial charge in [0.05, 0.1) is 0 Å². The summed E-state index contributed by atoms with van der Waals surface area (Å²) in [7, 11) is 0. The number of carbonyl (C=O) groups excluding carboxylic acids is 1. The van der Waals surface area contributed by atoms with Gasteiger partial charge in [-0.25, -0.2) is 0 Å². The van der Waals surface area contributed by atoms with E-state index >= 15 is 0 Å². The van der Waals surface area contributed by atoms with Crippen LogP contribution in [-0.2, 0) is 17.1 Å². The van der Waals surface area contributed by atoms with Crippen LogP contribution in [-0.4, -0.2) is 25.4 Å². The summed E-state index contributed by atoms with van der Waals surface area (Å²) in [6, 6.07) is 3.36. The lowest BCUT2D eigenvalue weighted by atomic mass is 10.0. The van der Waals surface area contributed by atoms with Crippen LogP contribution >= 0.6 is 11.6 Å². The van der Waals surface area contributed by atoms with Gasteiger partial charge in [-0.05, 0) is 29.7 Å². The van der Waals surface area contributed by atoms with Crippen LogP contribution in [0.3, 0.4) is 0 Å². The van der Waals surface area contributed by atoms with Gasteiger partial charge in [-0.15, -0.1) is 11.6 Å². The predicted octanol–water partition coefficient (Wildman–Crippen LogP) is 2.38. The number of hydrogen-bond acceptors (Lipinski definition) is 3. The first-order chi connectivity index (χ1) is 9.41. The normalized spacial score (nSPS) is 13.4. The number of carbonyl (C=O) groups is 1. The number of fused-ring (bicyclic) bond motifs is 1. The van der Waals surface area contributed by atoms with Gasteiger partial charge in [0, 0.05) is 12.4 Å². The molecule has 2 rings (SSSR count). The molecule has 0 saturated heterocycles. The van der Waals surface area contributed by atoms with E-state index in [1.807, 2.05) is 5.32 Å². The smallest absolute Gasteiger partial charge is 0.454 e. The second kappa shape index (κ2) is 5.78. The van der Waals surface area contributed by atoms with Crippen LogP contribution in [0.15, 0.2) is 12.1 Å². The number of halogens is 4. The fourth-order valence-electron chi connectivity index (χ4n) is 1.79. The van der Waals surface area contributed by atoms with Crippen molar-refractivity contribution in [3.05, 3.63) is 23.3 Å². The zero-order chi connectivity index (χ0) is 14.8. The first-order valence-corrected chi connectivity index (χ1v) is 6.27. The summed E-state index contributed by atoms with van der Waals surface area (Å²) >= 11 is 5.78. The van der Waals surface area contributed by atoms with Crippen molar-refractivity contribution < 1.29 is 27.4 Å². The molecule has 1 N–H and O–H groups in total. The molecule has 1 aromatic rings. The van der Waals surface area contributed by atoms with Crippen LogP contribution in [0.25, 0.3) is 0 Å². The predicted molar refractivity (Wildman–Crippen MR) is 64.9 cm³/mol. The minimum Gasteiger partial charge on any atom is -0.454 e. The van der Waals surface area contributed by atoms with Gasteiger partial charge in [0.1, 0.15) is 0 Å². The van der Waals surface area contributed by atoms with Crippen molar-refractivity contribution in [3.8, 4) is 11.5 Å². The van der Waals surface area contributed by atoms with Gasteiger partial charge in [0.15, 0.2) is 11.5 Å². The molecule has 0 aromatic heterocycles. The molecule has 0 saturated carbocycles. The largest absolute Gasteiger partial charge is 0.471 e. The maximum atomic E-state index is 12.0. The third kappa shape index (κ3) is 3.27. The number of benzene rings is 1. The van der Waals surface area contributed by atoms with Gasteiger partial charge in [-0.3, -0.25) is 4.79 Å². The van der Waals surface area contributed by atoms with E-state index in [0.717, 1.165) is 5.56 Å². The molecule has 0 spiro atoms.